The van der Waals surface area contributed by atoms with Gasteiger partial charge in [0.05, 0.1) is 0 Å². The molecule has 2 aromatic rings. The maximum atomic E-state index is 6.18. The van der Waals surface area contributed by atoms with Crippen molar-refractivity contribution in [3.05, 3.63) is 71.8 Å². The van der Waals surface area contributed by atoms with E-state index in [9.17, 15) is 0 Å². The van der Waals surface area contributed by atoms with Crippen LogP contribution in [0.15, 0.2) is 60.7 Å². The summed E-state index contributed by atoms with van der Waals surface area (Å²) >= 11 is 6.18. The molecule has 27 heavy (non-hydrogen) atoms. The highest BCUT2D eigenvalue weighted by Gasteiger charge is 2.52. The van der Waals surface area contributed by atoms with Gasteiger partial charge in [0.25, 0.3) is 0 Å². The summed E-state index contributed by atoms with van der Waals surface area (Å²) in [7, 11) is 0. The van der Waals surface area contributed by atoms with Crippen molar-refractivity contribution >= 4 is 24.0 Å². The van der Waals surface area contributed by atoms with Gasteiger partial charge in [0.15, 0.2) is 0 Å². The van der Waals surface area contributed by atoms with E-state index < -0.39 is 0 Å². The third-order valence-corrected chi connectivity index (χ3v) is 6.61. The van der Waals surface area contributed by atoms with Crippen LogP contribution in [-0.4, -0.2) is 29.9 Å². The van der Waals surface area contributed by atoms with E-state index in [1.54, 1.807) is 0 Å². The fraction of sp³-hybridized carbons (Fsp3) is 0.500. The lowest BCUT2D eigenvalue weighted by molar-refractivity contribution is 0.156. The molecular formula is C24H31Cl2N. The Bertz CT molecular complexity index is 624. The quantitative estimate of drug-likeness (QED) is 0.478. The zero-order valence-electron chi connectivity index (χ0n) is 16.0. The second kappa shape index (κ2) is 9.96. The highest BCUT2D eigenvalue weighted by molar-refractivity contribution is 6.18. The van der Waals surface area contributed by atoms with Gasteiger partial charge >= 0.3 is 0 Å². The molecule has 0 aromatic heterocycles. The summed E-state index contributed by atoms with van der Waals surface area (Å²) in [6, 6.07) is 23.0. The Morgan fingerprint density at radius 1 is 0.778 bits per heavy atom. The minimum Gasteiger partial charge on any atom is -0.299 e. The largest absolute Gasteiger partial charge is 0.299 e. The highest BCUT2D eigenvalue weighted by Crippen LogP contribution is 2.60. The molecule has 1 nitrogen and oxygen atoms in total. The number of nitrogens with zero attached hydrogens (tertiary/aromatic N) is 1. The molecule has 146 valence electrons. The van der Waals surface area contributed by atoms with Crippen LogP contribution < -0.4 is 0 Å². The Labute approximate surface area is 175 Å². The van der Waals surface area contributed by atoms with Gasteiger partial charge in [-0.3, -0.25) is 4.90 Å². The number of rotatable bonds is 7. The van der Waals surface area contributed by atoms with Crippen LogP contribution in [0.4, 0.5) is 0 Å². The Morgan fingerprint density at radius 3 is 1.78 bits per heavy atom. The lowest BCUT2D eigenvalue weighted by Gasteiger charge is -2.34. The molecule has 2 aliphatic carbocycles. The first-order chi connectivity index (χ1) is 12.9. The molecule has 2 saturated carbocycles. The topological polar surface area (TPSA) is 3.24 Å². The standard InChI is InChI=1S/C24H30ClN.ClH/c25-16-17-26(21-14-8-3-9-15-21)18-22-23(19-10-4-1-5-11-19)24(22)20-12-6-2-7-13-20;/h1-2,4-7,10-13,21-24H,3,8-9,14-18H2;1H. The molecule has 2 unspecified atom stereocenters. The Kier molecular flexibility index (Phi) is 7.64. The maximum absolute atomic E-state index is 6.18. The van der Waals surface area contributed by atoms with E-state index in [0.29, 0.717) is 17.8 Å². The Hall–Kier alpha value is -1.02. The highest BCUT2D eigenvalue weighted by atomic mass is 35.5. The monoisotopic (exact) mass is 403 g/mol. The maximum Gasteiger partial charge on any atom is 0.0351 e. The average Bonchev–Trinajstić information content (AvgIpc) is 3.43. The van der Waals surface area contributed by atoms with Crippen LogP contribution in [0, 0.1) is 5.92 Å². The Morgan fingerprint density at radius 2 is 1.30 bits per heavy atom. The van der Waals surface area contributed by atoms with Crippen molar-refractivity contribution in [3.63, 3.8) is 0 Å². The molecule has 3 heteroatoms. The third-order valence-electron chi connectivity index (χ3n) is 6.45. The van der Waals surface area contributed by atoms with Crippen LogP contribution in [0.2, 0.25) is 0 Å². The van der Waals surface area contributed by atoms with E-state index in [1.165, 1.54) is 49.8 Å². The zero-order chi connectivity index (χ0) is 17.8. The minimum atomic E-state index is 0. The summed E-state index contributed by atoms with van der Waals surface area (Å²) in [5.74, 6) is 2.76. The van der Waals surface area contributed by atoms with Gasteiger partial charge in [0.2, 0.25) is 0 Å². The van der Waals surface area contributed by atoms with E-state index >= 15 is 0 Å². The molecule has 2 aliphatic rings. The molecule has 0 N–H and O–H groups in total. The van der Waals surface area contributed by atoms with Crippen molar-refractivity contribution in [2.45, 2.75) is 50.0 Å². The van der Waals surface area contributed by atoms with Gasteiger partial charge in [0, 0.05) is 25.0 Å². The predicted molar refractivity (Wildman–Crippen MR) is 118 cm³/mol. The van der Waals surface area contributed by atoms with Crippen LogP contribution in [-0.2, 0) is 0 Å². The minimum absolute atomic E-state index is 0. The number of benzene rings is 2. The lowest BCUT2D eigenvalue weighted by atomic mass is 9.94. The van der Waals surface area contributed by atoms with E-state index in [-0.39, 0.29) is 12.4 Å². The summed E-state index contributed by atoms with van der Waals surface area (Å²) in [4.78, 5) is 2.72. The SMILES string of the molecule is Cl.ClCCN(CC1C(c2ccccc2)C1c1ccccc1)C1CCCCC1. The normalized spacial score (nSPS) is 25.2. The van der Waals surface area contributed by atoms with E-state index in [1.807, 2.05) is 0 Å². The van der Waals surface area contributed by atoms with Gasteiger partial charge in [-0.15, -0.1) is 24.0 Å². The van der Waals surface area contributed by atoms with Gasteiger partial charge in [0.1, 0.15) is 0 Å². The lowest BCUT2D eigenvalue weighted by Crippen LogP contribution is -2.39. The molecule has 0 spiro atoms. The van der Waals surface area contributed by atoms with Crippen molar-refractivity contribution in [1.82, 2.24) is 4.90 Å². The van der Waals surface area contributed by atoms with Crippen molar-refractivity contribution in [3.8, 4) is 0 Å². The number of halogens is 2. The van der Waals surface area contributed by atoms with Crippen LogP contribution in [0.1, 0.15) is 55.1 Å². The van der Waals surface area contributed by atoms with Gasteiger partial charge < -0.3 is 0 Å². The molecule has 0 saturated heterocycles. The van der Waals surface area contributed by atoms with Gasteiger partial charge in [-0.2, -0.15) is 0 Å². The molecule has 0 bridgehead atoms. The number of hydrogen-bond donors (Lipinski definition) is 0. The second-order valence-electron chi connectivity index (χ2n) is 8.01. The van der Waals surface area contributed by atoms with Gasteiger partial charge in [-0.1, -0.05) is 79.9 Å². The summed E-state index contributed by atoms with van der Waals surface area (Å²) in [6.45, 7) is 2.22. The van der Waals surface area contributed by atoms with Gasteiger partial charge in [-0.25, -0.2) is 0 Å². The van der Waals surface area contributed by atoms with E-state index in [4.69, 9.17) is 11.6 Å². The first-order valence-electron chi connectivity index (χ1n) is 10.3. The molecule has 2 fully saturated rings. The van der Waals surface area contributed by atoms with Crippen molar-refractivity contribution in [1.29, 1.82) is 0 Å². The predicted octanol–water partition coefficient (Wildman–Crippen LogP) is 6.48. The van der Waals surface area contributed by atoms with Crippen LogP contribution in [0.25, 0.3) is 0 Å². The molecule has 4 rings (SSSR count). The first-order valence-corrected chi connectivity index (χ1v) is 10.8. The average molecular weight is 404 g/mol. The van der Waals surface area contributed by atoms with E-state index in [0.717, 1.165) is 18.5 Å². The van der Waals surface area contributed by atoms with Crippen LogP contribution >= 0.6 is 24.0 Å². The van der Waals surface area contributed by atoms with Gasteiger partial charge in [-0.05, 0) is 41.7 Å². The van der Waals surface area contributed by atoms with Crippen molar-refractivity contribution in [2.24, 2.45) is 5.92 Å². The smallest absolute Gasteiger partial charge is 0.0351 e. The summed E-state index contributed by atoms with van der Waals surface area (Å²) in [5, 5.41) is 0. The molecule has 2 aromatic carbocycles. The Balaban J connectivity index is 0.00000210. The summed E-state index contributed by atoms with van der Waals surface area (Å²) < 4.78 is 0. The van der Waals surface area contributed by atoms with Crippen LogP contribution in [0.5, 0.6) is 0 Å². The fourth-order valence-electron chi connectivity index (χ4n) is 5.11. The first kappa shape index (κ1) is 20.7. The van der Waals surface area contributed by atoms with Crippen molar-refractivity contribution in [2.75, 3.05) is 19.0 Å². The second-order valence-corrected chi connectivity index (χ2v) is 8.39. The number of hydrogen-bond acceptors (Lipinski definition) is 1. The van der Waals surface area contributed by atoms with Crippen LogP contribution in [0.3, 0.4) is 0 Å². The molecule has 0 amide bonds. The molecule has 0 aliphatic heterocycles. The van der Waals surface area contributed by atoms with Crippen molar-refractivity contribution < 1.29 is 0 Å². The third kappa shape index (κ3) is 4.88. The molecule has 0 heterocycles. The summed E-state index contributed by atoms with van der Waals surface area (Å²) in [6.07, 6.45) is 6.90. The zero-order valence-corrected chi connectivity index (χ0v) is 17.5. The summed E-state index contributed by atoms with van der Waals surface area (Å²) in [5.41, 5.74) is 3.00. The molecular weight excluding hydrogens is 373 g/mol. The molecule has 2 atom stereocenters. The number of alkyl halides is 1. The van der Waals surface area contributed by atoms with E-state index in [2.05, 4.69) is 65.6 Å². The fourth-order valence-corrected chi connectivity index (χ4v) is 5.33. The molecule has 0 radical (unpaired) electrons.